The molecule has 86 valence electrons. The molecule has 4 nitrogen and oxygen atoms in total. The molecule has 0 aliphatic carbocycles. The SMILES string of the molecule is OCCn1cc(CNCC(F)(F)F)cn1. The Hall–Kier alpha value is -1.08. The van der Waals surface area contributed by atoms with Crippen LogP contribution in [0.5, 0.6) is 0 Å². The van der Waals surface area contributed by atoms with E-state index >= 15 is 0 Å². The fraction of sp³-hybridized carbons (Fsp3) is 0.625. The van der Waals surface area contributed by atoms with Crippen molar-refractivity contribution in [3.63, 3.8) is 0 Å². The molecule has 1 rings (SSSR count). The number of aliphatic hydroxyl groups is 1. The van der Waals surface area contributed by atoms with Gasteiger partial charge >= 0.3 is 6.18 Å². The van der Waals surface area contributed by atoms with E-state index in [9.17, 15) is 13.2 Å². The van der Waals surface area contributed by atoms with Crippen LogP contribution in [0.1, 0.15) is 5.56 Å². The van der Waals surface area contributed by atoms with Gasteiger partial charge in [0.1, 0.15) is 0 Å². The molecule has 2 N–H and O–H groups in total. The number of hydrogen-bond acceptors (Lipinski definition) is 3. The summed E-state index contributed by atoms with van der Waals surface area (Å²) in [5, 5.41) is 14.7. The summed E-state index contributed by atoms with van der Waals surface area (Å²) in [4.78, 5) is 0. The first-order valence-electron chi connectivity index (χ1n) is 4.41. The first-order valence-corrected chi connectivity index (χ1v) is 4.41. The van der Waals surface area contributed by atoms with Crippen LogP contribution in [0.25, 0.3) is 0 Å². The minimum absolute atomic E-state index is 0.0445. The van der Waals surface area contributed by atoms with Crippen molar-refractivity contribution in [1.29, 1.82) is 0 Å². The molecule has 0 radical (unpaired) electrons. The summed E-state index contributed by atoms with van der Waals surface area (Å²) in [6, 6.07) is 0. The van der Waals surface area contributed by atoms with Crippen LogP contribution in [0.2, 0.25) is 0 Å². The predicted molar refractivity (Wildman–Crippen MR) is 47.1 cm³/mol. The van der Waals surface area contributed by atoms with Gasteiger partial charge < -0.3 is 10.4 Å². The highest BCUT2D eigenvalue weighted by Crippen LogP contribution is 2.12. The monoisotopic (exact) mass is 223 g/mol. The molecular formula is C8H12F3N3O. The molecule has 0 aromatic carbocycles. The van der Waals surface area contributed by atoms with Gasteiger partial charge in [0.2, 0.25) is 0 Å². The fourth-order valence-electron chi connectivity index (χ4n) is 1.07. The molecule has 0 saturated carbocycles. The topological polar surface area (TPSA) is 50.1 Å². The van der Waals surface area contributed by atoms with Gasteiger partial charge in [-0.2, -0.15) is 18.3 Å². The Kier molecular flexibility index (Phi) is 4.10. The summed E-state index contributed by atoms with van der Waals surface area (Å²) >= 11 is 0. The second-order valence-corrected chi connectivity index (χ2v) is 3.05. The Morgan fingerprint density at radius 3 is 2.80 bits per heavy atom. The summed E-state index contributed by atoms with van der Waals surface area (Å²) in [6.45, 7) is -0.598. The standard InChI is InChI=1S/C8H12F3N3O/c9-8(10,11)6-12-3-7-4-13-14(5-7)1-2-15/h4-5,12,15H,1-3,6H2. The zero-order valence-corrected chi connectivity index (χ0v) is 7.96. The number of aliphatic hydroxyl groups excluding tert-OH is 1. The van der Waals surface area contributed by atoms with Crippen LogP contribution in [0.3, 0.4) is 0 Å². The lowest BCUT2D eigenvalue weighted by atomic mass is 10.3. The Balaban J connectivity index is 2.31. The first-order chi connectivity index (χ1) is 7.01. The van der Waals surface area contributed by atoms with Crippen LogP contribution in [-0.2, 0) is 13.1 Å². The van der Waals surface area contributed by atoms with Crippen molar-refractivity contribution >= 4 is 0 Å². The quantitative estimate of drug-likeness (QED) is 0.765. The van der Waals surface area contributed by atoms with Gasteiger partial charge in [-0.05, 0) is 0 Å². The fourth-order valence-corrected chi connectivity index (χ4v) is 1.07. The molecule has 0 amide bonds. The van der Waals surface area contributed by atoms with E-state index < -0.39 is 12.7 Å². The van der Waals surface area contributed by atoms with E-state index in [0.717, 1.165) is 0 Å². The number of hydrogen-bond donors (Lipinski definition) is 2. The number of aromatic nitrogens is 2. The largest absolute Gasteiger partial charge is 0.401 e. The van der Waals surface area contributed by atoms with Crippen molar-refractivity contribution in [2.45, 2.75) is 19.3 Å². The maximum atomic E-state index is 11.8. The molecule has 0 aliphatic rings. The normalized spacial score (nSPS) is 12.0. The van der Waals surface area contributed by atoms with Crippen LogP contribution < -0.4 is 5.32 Å². The summed E-state index contributed by atoms with van der Waals surface area (Å²) in [6.07, 6.45) is -1.13. The number of nitrogens with one attached hydrogen (secondary N) is 1. The van der Waals surface area contributed by atoms with Gasteiger partial charge in [-0.15, -0.1) is 0 Å². The smallest absolute Gasteiger partial charge is 0.394 e. The summed E-state index contributed by atoms with van der Waals surface area (Å²) in [5.74, 6) is 0. The summed E-state index contributed by atoms with van der Waals surface area (Å²) < 4.78 is 36.8. The second kappa shape index (κ2) is 5.13. The maximum Gasteiger partial charge on any atom is 0.401 e. The highest BCUT2D eigenvalue weighted by molar-refractivity contribution is 5.03. The molecule has 7 heteroatoms. The Bertz CT molecular complexity index is 298. The summed E-state index contributed by atoms with van der Waals surface area (Å²) in [5.41, 5.74) is 0.660. The molecule has 1 heterocycles. The third-order valence-corrected chi connectivity index (χ3v) is 1.67. The highest BCUT2D eigenvalue weighted by atomic mass is 19.4. The van der Waals surface area contributed by atoms with Crippen LogP contribution in [0.4, 0.5) is 13.2 Å². The number of alkyl halides is 3. The molecule has 0 aliphatic heterocycles. The van der Waals surface area contributed by atoms with Crippen LogP contribution in [-0.4, -0.2) is 34.2 Å². The van der Waals surface area contributed by atoms with Crippen molar-refractivity contribution in [1.82, 2.24) is 15.1 Å². The Morgan fingerprint density at radius 2 is 2.20 bits per heavy atom. The zero-order valence-electron chi connectivity index (χ0n) is 7.96. The lowest BCUT2D eigenvalue weighted by Crippen LogP contribution is -2.28. The average molecular weight is 223 g/mol. The third kappa shape index (κ3) is 4.80. The van der Waals surface area contributed by atoms with Crippen LogP contribution in [0, 0.1) is 0 Å². The zero-order chi connectivity index (χ0) is 11.3. The first kappa shape index (κ1) is 12.0. The Labute approximate surface area is 84.7 Å². The van der Waals surface area contributed by atoms with Gasteiger partial charge in [0.15, 0.2) is 0 Å². The van der Waals surface area contributed by atoms with Crippen molar-refractivity contribution < 1.29 is 18.3 Å². The molecular weight excluding hydrogens is 211 g/mol. The molecule has 15 heavy (non-hydrogen) atoms. The van der Waals surface area contributed by atoms with Gasteiger partial charge in [-0.3, -0.25) is 4.68 Å². The lowest BCUT2D eigenvalue weighted by Gasteiger charge is -2.06. The third-order valence-electron chi connectivity index (χ3n) is 1.67. The highest BCUT2D eigenvalue weighted by Gasteiger charge is 2.26. The molecule has 0 unspecified atom stereocenters. The van der Waals surface area contributed by atoms with Crippen molar-refractivity contribution in [3.05, 3.63) is 18.0 Å². The van der Waals surface area contributed by atoms with Crippen molar-refractivity contribution in [2.24, 2.45) is 0 Å². The number of rotatable bonds is 5. The minimum Gasteiger partial charge on any atom is -0.394 e. The van der Waals surface area contributed by atoms with E-state index in [0.29, 0.717) is 12.1 Å². The Morgan fingerprint density at radius 1 is 1.47 bits per heavy atom. The lowest BCUT2D eigenvalue weighted by molar-refractivity contribution is -0.125. The number of nitrogens with zero attached hydrogens (tertiary/aromatic N) is 2. The van der Waals surface area contributed by atoms with Crippen molar-refractivity contribution in [2.75, 3.05) is 13.2 Å². The van der Waals surface area contributed by atoms with E-state index in [2.05, 4.69) is 10.4 Å². The molecule has 1 aromatic rings. The predicted octanol–water partition coefficient (Wildman–Crippen LogP) is 0.527. The molecule has 1 aromatic heterocycles. The van der Waals surface area contributed by atoms with E-state index in [1.54, 1.807) is 6.20 Å². The van der Waals surface area contributed by atoms with Gasteiger partial charge in [-0.1, -0.05) is 0 Å². The van der Waals surface area contributed by atoms with Crippen molar-refractivity contribution in [3.8, 4) is 0 Å². The second-order valence-electron chi connectivity index (χ2n) is 3.05. The van der Waals surface area contributed by atoms with Gasteiger partial charge in [0, 0.05) is 18.3 Å². The molecule has 0 spiro atoms. The average Bonchev–Trinajstić information content (AvgIpc) is 2.51. The molecule has 0 fully saturated rings. The van der Waals surface area contributed by atoms with E-state index in [4.69, 9.17) is 5.11 Å². The van der Waals surface area contributed by atoms with E-state index in [-0.39, 0.29) is 13.2 Å². The minimum atomic E-state index is -4.19. The van der Waals surface area contributed by atoms with Crippen LogP contribution >= 0.6 is 0 Å². The molecule has 0 atom stereocenters. The number of halogens is 3. The van der Waals surface area contributed by atoms with E-state index in [1.165, 1.54) is 10.9 Å². The van der Waals surface area contributed by atoms with E-state index in [1.807, 2.05) is 0 Å². The van der Waals surface area contributed by atoms with Gasteiger partial charge in [0.25, 0.3) is 0 Å². The maximum absolute atomic E-state index is 11.8. The van der Waals surface area contributed by atoms with Gasteiger partial charge in [0.05, 0.1) is 25.9 Å². The summed E-state index contributed by atoms with van der Waals surface area (Å²) in [7, 11) is 0. The van der Waals surface area contributed by atoms with Crippen LogP contribution in [0.15, 0.2) is 12.4 Å². The molecule has 0 bridgehead atoms. The van der Waals surface area contributed by atoms with Gasteiger partial charge in [-0.25, -0.2) is 0 Å². The molecule has 0 saturated heterocycles.